The first kappa shape index (κ1) is 16.7. The summed E-state index contributed by atoms with van der Waals surface area (Å²) in [6, 6.07) is 7.61. The van der Waals surface area contributed by atoms with Gasteiger partial charge in [0.15, 0.2) is 0 Å². The van der Waals surface area contributed by atoms with Crippen molar-refractivity contribution in [2.45, 2.75) is 18.6 Å². The highest BCUT2D eigenvalue weighted by Gasteiger charge is 2.34. The lowest BCUT2D eigenvalue weighted by Crippen LogP contribution is -2.50. The maximum atomic E-state index is 12.1. The fraction of sp³-hybridized carbons (Fsp3) is 0.600. The lowest BCUT2D eigenvalue weighted by Gasteiger charge is -2.38. The van der Waals surface area contributed by atoms with E-state index in [2.05, 4.69) is 15.9 Å². The van der Waals surface area contributed by atoms with Gasteiger partial charge in [0, 0.05) is 4.47 Å². The van der Waals surface area contributed by atoms with Gasteiger partial charge in [-0.1, -0.05) is 15.9 Å². The second kappa shape index (κ2) is 8.08. The Labute approximate surface area is 132 Å². The van der Waals surface area contributed by atoms with Crippen molar-refractivity contribution < 1.29 is 23.3 Å². The SMILES string of the molecule is C[C@]1(COCCF)COC[C@@H](COc2ccc(Br)cc2)O1. The highest BCUT2D eigenvalue weighted by atomic mass is 79.9. The topological polar surface area (TPSA) is 36.9 Å². The number of benzene rings is 1. The molecule has 0 aliphatic carbocycles. The summed E-state index contributed by atoms with van der Waals surface area (Å²) < 4.78 is 35.5. The van der Waals surface area contributed by atoms with Gasteiger partial charge in [-0.3, -0.25) is 0 Å². The number of rotatable bonds is 7. The number of hydrogen-bond acceptors (Lipinski definition) is 4. The molecule has 4 nitrogen and oxygen atoms in total. The number of alkyl halides is 1. The van der Waals surface area contributed by atoms with E-state index in [0.29, 0.717) is 26.4 Å². The van der Waals surface area contributed by atoms with Gasteiger partial charge in [-0.25, -0.2) is 4.39 Å². The molecule has 6 heteroatoms. The van der Waals surface area contributed by atoms with Crippen LogP contribution in [0.15, 0.2) is 28.7 Å². The lowest BCUT2D eigenvalue weighted by atomic mass is 10.1. The maximum Gasteiger partial charge on any atom is 0.119 e. The molecule has 1 saturated heterocycles. The molecular formula is C15H20BrFO4. The van der Waals surface area contributed by atoms with Crippen LogP contribution in [0.4, 0.5) is 4.39 Å². The van der Waals surface area contributed by atoms with Crippen molar-refractivity contribution in [1.82, 2.24) is 0 Å². The highest BCUT2D eigenvalue weighted by molar-refractivity contribution is 9.10. The second-order valence-electron chi connectivity index (χ2n) is 5.21. The monoisotopic (exact) mass is 362 g/mol. The first-order chi connectivity index (χ1) is 10.1. The van der Waals surface area contributed by atoms with Crippen LogP contribution in [0.1, 0.15) is 6.92 Å². The normalized spacial score (nSPS) is 25.8. The third-order valence-electron chi connectivity index (χ3n) is 3.04. The largest absolute Gasteiger partial charge is 0.491 e. The van der Waals surface area contributed by atoms with E-state index in [1.165, 1.54) is 0 Å². The van der Waals surface area contributed by atoms with Crippen molar-refractivity contribution in [2.24, 2.45) is 0 Å². The molecule has 0 spiro atoms. The zero-order valence-electron chi connectivity index (χ0n) is 12.0. The van der Waals surface area contributed by atoms with E-state index >= 15 is 0 Å². The molecule has 1 fully saturated rings. The van der Waals surface area contributed by atoms with Crippen LogP contribution in [0.3, 0.4) is 0 Å². The van der Waals surface area contributed by atoms with Gasteiger partial charge < -0.3 is 18.9 Å². The lowest BCUT2D eigenvalue weighted by molar-refractivity contribution is -0.216. The minimum atomic E-state index is -0.554. The Bertz CT molecular complexity index is 428. The first-order valence-corrected chi connectivity index (χ1v) is 7.68. The van der Waals surface area contributed by atoms with Crippen molar-refractivity contribution in [1.29, 1.82) is 0 Å². The Hall–Kier alpha value is -0.690. The summed E-state index contributed by atoms with van der Waals surface area (Å²) >= 11 is 3.38. The van der Waals surface area contributed by atoms with Crippen LogP contribution in [0, 0.1) is 0 Å². The Kier molecular flexibility index (Phi) is 6.41. The Morgan fingerprint density at radius 3 is 2.86 bits per heavy atom. The third kappa shape index (κ3) is 5.54. The van der Waals surface area contributed by atoms with Crippen molar-refractivity contribution >= 4 is 15.9 Å². The fourth-order valence-corrected chi connectivity index (χ4v) is 2.36. The molecule has 118 valence electrons. The van der Waals surface area contributed by atoms with E-state index in [9.17, 15) is 4.39 Å². The molecule has 0 radical (unpaired) electrons. The minimum absolute atomic E-state index is 0.0824. The van der Waals surface area contributed by atoms with Crippen LogP contribution in [0.2, 0.25) is 0 Å². The molecule has 1 aliphatic heterocycles. The molecule has 1 heterocycles. The minimum Gasteiger partial charge on any atom is -0.491 e. The maximum absolute atomic E-state index is 12.1. The van der Waals surface area contributed by atoms with Crippen molar-refractivity contribution in [3.8, 4) is 5.75 Å². The molecule has 0 unspecified atom stereocenters. The molecule has 21 heavy (non-hydrogen) atoms. The Balaban J connectivity index is 1.79. The molecule has 2 atom stereocenters. The summed E-state index contributed by atoms with van der Waals surface area (Å²) in [4.78, 5) is 0. The average molecular weight is 363 g/mol. The van der Waals surface area contributed by atoms with E-state index in [0.717, 1.165) is 10.2 Å². The van der Waals surface area contributed by atoms with Crippen LogP contribution in [0.5, 0.6) is 5.75 Å². The summed E-state index contributed by atoms with van der Waals surface area (Å²) in [5, 5.41) is 0. The molecule has 0 aromatic heterocycles. The Morgan fingerprint density at radius 2 is 2.14 bits per heavy atom. The average Bonchev–Trinajstić information content (AvgIpc) is 2.47. The molecule has 1 aliphatic rings. The van der Waals surface area contributed by atoms with E-state index in [4.69, 9.17) is 18.9 Å². The number of halogens is 2. The second-order valence-corrected chi connectivity index (χ2v) is 6.13. The van der Waals surface area contributed by atoms with Gasteiger partial charge in [0.2, 0.25) is 0 Å². The number of ether oxygens (including phenoxy) is 4. The summed E-state index contributed by atoms with van der Waals surface area (Å²) in [5.74, 6) is 0.780. The summed E-state index contributed by atoms with van der Waals surface area (Å²) in [7, 11) is 0. The Morgan fingerprint density at radius 1 is 1.38 bits per heavy atom. The van der Waals surface area contributed by atoms with Gasteiger partial charge in [0.1, 0.15) is 30.7 Å². The van der Waals surface area contributed by atoms with Crippen molar-refractivity contribution in [3.63, 3.8) is 0 Å². The molecular weight excluding hydrogens is 343 g/mol. The van der Waals surface area contributed by atoms with E-state index in [-0.39, 0.29) is 12.7 Å². The van der Waals surface area contributed by atoms with Gasteiger partial charge in [-0.2, -0.15) is 0 Å². The predicted molar refractivity (Wildman–Crippen MR) is 80.5 cm³/mol. The number of hydrogen-bond donors (Lipinski definition) is 0. The van der Waals surface area contributed by atoms with Crippen molar-refractivity contribution in [3.05, 3.63) is 28.7 Å². The van der Waals surface area contributed by atoms with Gasteiger partial charge in [-0.15, -0.1) is 0 Å². The van der Waals surface area contributed by atoms with E-state index in [1.807, 2.05) is 31.2 Å². The first-order valence-electron chi connectivity index (χ1n) is 6.89. The fourth-order valence-electron chi connectivity index (χ4n) is 2.10. The van der Waals surface area contributed by atoms with Gasteiger partial charge in [0.05, 0.1) is 26.4 Å². The summed E-state index contributed by atoms with van der Waals surface area (Å²) in [5.41, 5.74) is -0.554. The molecule has 2 rings (SSSR count). The quantitative estimate of drug-likeness (QED) is 0.698. The van der Waals surface area contributed by atoms with Crippen molar-refractivity contribution in [2.75, 3.05) is 39.7 Å². The van der Waals surface area contributed by atoms with E-state index in [1.54, 1.807) is 0 Å². The predicted octanol–water partition coefficient (Wildman–Crippen LogP) is 2.99. The summed E-state index contributed by atoms with van der Waals surface area (Å²) in [6.07, 6.45) is -0.165. The van der Waals surface area contributed by atoms with E-state index < -0.39 is 12.3 Å². The molecule has 0 bridgehead atoms. The molecule has 0 amide bonds. The summed E-state index contributed by atoms with van der Waals surface area (Å²) in [6.45, 7) is 3.12. The van der Waals surface area contributed by atoms with Crippen LogP contribution in [-0.2, 0) is 14.2 Å². The van der Waals surface area contributed by atoms with Gasteiger partial charge in [0.25, 0.3) is 0 Å². The standard InChI is InChI=1S/C15H20BrFO4/c1-15(10-18-7-6-17)11-19-8-14(21-15)9-20-13-4-2-12(16)3-5-13/h2-5,14H,6-11H2,1H3/t14-,15-/m0/s1. The smallest absolute Gasteiger partial charge is 0.119 e. The zero-order chi connectivity index (χ0) is 15.1. The highest BCUT2D eigenvalue weighted by Crippen LogP contribution is 2.22. The molecule has 1 aromatic rings. The van der Waals surface area contributed by atoms with Gasteiger partial charge >= 0.3 is 0 Å². The van der Waals surface area contributed by atoms with Crippen LogP contribution < -0.4 is 4.74 Å². The zero-order valence-corrected chi connectivity index (χ0v) is 13.6. The van der Waals surface area contributed by atoms with Crippen LogP contribution in [-0.4, -0.2) is 51.4 Å². The molecule has 0 N–H and O–H groups in total. The van der Waals surface area contributed by atoms with Gasteiger partial charge in [-0.05, 0) is 31.2 Å². The molecule has 0 saturated carbocycles. The molecule has 1 aromatic carbocycles. The third-order valence-corrected chi connectivity index (χ3v) is 3.57. The van der Waals surface area contributed by atoms with Crippen LogP contribution in [0.25, 0.3) is 0 Å². The van der Waals surface area contributed by atoms with Crippen LogP contribution >= 0.6 is 15.9 Å².